The van der Waals surface area contributed by atoms with Gasteiger partial charge in [-0.1, -0.05) is 25.6 Å². The van der Waals surface area contributed by atoms with Crippen LogP contribution in [0.25, 0.3) is 0 Å². The quantitative estimate of drug-likeness (QED) is 0.572. The fraction of sp³-hybridized carbons (Fsp3) is 0.833. The lowest BCUT2D eigenvalue weighted by Gasteiger charge is -2.06. The minimum absolute atomic E-state index is 0.813. The van der Waals surface area contributed by atoms with Crippen LogP contribution in [-0.2, 0) is 7.05 Å². The summed E-state index contributed by atoms with van der Waals surface area (Å²) in [6.45, 7) is 8.67. The van der Waals surface area contributed by atoms with Crippen LogP contribution in [0.3, 0.4) is 0 Å². The van der Waals surface area contributed by atoms with Crippen molar-refractivity contribution >= 4 is 11.8 Å². The van der Waals surface area contributed by atoms with E-state index in [2.05, 4.69) is 29.4 Å². The minimum atomic E-state index is 0.813. The molecular formula is C12H24N4S. The van der Waals surface area contributed by atoms with E-state index in [-0.39, 0.29) is 0 Å². The Morgan fingerprint density at radius 3 is 2.65 bits per heavy atom. The Labute approximate surface area is 109 Å². The summed E-state index contributed by atoms with van der Waals surface area (Å²) >= 11 is 1.76. The van der Waals surface area contributed by atoms with Crippen LogP contribution in [0.2, 0.25) is 0 Å². The van der Waals surface area contributed by atoms with Gasteiger partial charge in [0.05, 0.1) is 0 Å². The van der Waals surface area contributed by atoms with Crippen molar-refractivity contribution in [2.75, 3.05) is 18.8 Å². The van der Waals surface area contributed by atoms with Crippen molar-refractivity contribution in [3.05, 3.63) is 5.82 Å². The summed E-state index contributed by atoms with van der Waals surface area (Å²) in [5, 5.41) is 12.6. The third-order valence-corrected chi connectivity index (χ3v) is 3.72. The molecule has 17 heavy (non-hydrogen) atoms. The topological polar surface area (TPSA) is 42.7 Å². The van der Waals surface area contributed by atoms with E-state index in [1.807, 2.05) is 18.5 Å². The molecule has 4 nitrogen and oxygen atoms in total. The molecule has 0 spiro atoms. The van der Waals surface area contributed by atoms with Gasteiger partial charge in [-0.25, -0.2) is 0 Å². The fourth-order valence-electron chi connectivity index (χ4n) is 1.49. The lowest BCUT2D eigenvalue weighted by molar-refractivity contribution is 0.534. The van der Waals surface area contributed by atoms with Crippen LogP contribution < -0.4 is 5.32 Å². The van der Waals surface area contributed by atoms with Gasteiger partial charge in [0.15, 0.2) is 5.16 Å². The summed E-state index contributed by atoms with van der Waals surface area (Å²) in [6.07, 6.45) is 2.58. The zero-order chi connectivity index (χ0) is 12.7. The Bertz CT molecular complexity index is 322. The van der Waals surface area contributed by atoms with E-state index in [1.54, 1.807) is 11.8 Å². The van der Waals surface area contributed by atoms with E-state index in [0.717, 1.165) is 35.7 Å². The molecule has 0 amide bonds. The zero-order valence-electron chi connectivity index (χ0n) is 11.4. The number of aromatic nitrogens is 3. The van der Waals surface area contributed by atoms with Crippen LogP contribution >= 0.6 is 11.8 Å². The molecule has 0 aliphatic heterocycles. The second kappa shape index (κ2) is 7.71. The van der Waals surface area contributed by atoms with Crippen LogP contribution in [0.15, 0.2) is 5.16 Å². The van der Waals surface area contributed by atoms with Gasteiger partial charge in [-0.3, -0.25) is 0 Å². The molecule has 1 aromatic rings. The van der Waals surface area contributed by atoms with Gasteiger partial charge in [0, 0.05) is 19.3 Å². The lowest BCUT2D eigenvalue weighted by Crippen LogP contribution is -2.19. The van der Waals surface area contributed by atoms with Crippen molar-refractivity contribution in [1.82, 2.24) is 20.1 Å². The largest absolute Gasteiger partial charge is 0.316 e. The average Bonchev–Trinajstić information content (AvgIpc) is 2.59. The van der Waals surface area contributed by atoms with Crippen molar-refractivity contribution in [1.29, 1.82) is 0 Å². The van der Waals surface area contributed by atoms with Crippen molar-refractivity contribution in [3.63, 3.8) is 0 Å². The second-order valence-corrected chi connectivity index (χ2v) is 5.79. The molecule has 0 bridgehead atoms. The van der Waals surface area contributed by atoms with Gasteiger partial charge in [0.1, 0.15) is 5.82 Å². The van der Waals surface area contributed by atoms with Crippen LogP contribution in [-0.4, -0.2) is 33.6 Å². The van der Waals surface area contributed by atoms with Gasteiger partial charge in [-0.2, -0.15) is 0 Å². The molecule has 1 rings (SSSR count). The van der Waals surface area contributed by atoms with Gasteiger partial charge in [0.2, 0.25) is 0 Å². The van der Waals surface area contributed by atoms with Crippen LogP contribution in [0, 0.1) is 12.8 Å². The highest BCUT2D eigenvalue weighted by Gasteiger charge is 2.04. The predicted molar refractivity (Wildman–Crippen MR) is 73.4 cm³/mol. The molecule has 1 aromatic heterocycles. The number of nitrogens with one attached hydrogen (secondary N) is 1. The molecule has 0 fully saturated rings. The number of hydrogen-bond acceptors (Lipinski definition) is 4. The van der Waals surface area contributed by atoms with E-state index in [4.69, 9.17) is 0 Å². The predicted octanol–water partition coefficient (Wildman–Crippen LogP) is 2.24. The normalized spacial score (nSPS) is 11.4. The summed E-state index contributed by atoms with van der Waals surface area (Å²) in [5.74, 6) is 2.83. The van der Waals surface area contributed by atoms with Crippen LogP contribution in [0.4, 0.5) is 0 Å². The number of aryl methyl sites for hydroxylation is 1. The van der Waals surface area contributed by atoms with Gasteiger partial charge < -0.3 is 9.88 Å². The first-order valence-electron chi connectivity index (χ1n) is 6.30. The Morgan fingerprint density at radius 2 is 2.06 bits per heavy atom. The highest BCUT2D eigenvalue weighted by molar-refractivity contribution is 7.99. The number of rotatable bonds is 8. The average molecular weight is 256 g/mol. The molecule has 5 heteroatoms. The Morgan fingerprint density at radius 1 is 1.29 bits per heavy atom. The molecule has 0 unspecified atom stereocenters. The molecule has 0 saturated heterocycles. The third-order valence-electron chi connectivity index (χ3n) is 2.70. The molecule has 0 saturated carbocycles. The first-order valence-corrected chi connectivity index (χ1v) is 7.29. The summed E-state index contributed by atoms with van der Waals surface area (Å²) < 4.78 is 2.03. The summed E-state index contributed by atoms with van der Waals surface area (Å²) in [5.41, 5.74) is 0. The van der Waals surface area contributed by atoms with Gasteiger partial charge in [-0.15, -0.1) is 10.2 Å². The zero-order valence-corrected chi connectivity index (χ0v) is 12.2. The number of thioether (sulfide) groups is 1. The summed E-state index contributed by atoms with van der Waals surface area (Å²) in [6, 6.07) is 0. The first kappa shape index (κ1) is 14.5. The summed E-state index contributed by atoms with van der Waals surface area (Å²) in [7, 11) is 2.01. The van der Waals surface area contributed by atoms with E-state index in [1.165, 1.54) is 12.8 Å². The molecule has 0 aliphatic carbocycles. The van der Waals surface area contributed by atoms with Gasteiger partial charge >= 0.3 is 0 Å². The fourth-order valence-corrected chi connectivity index (χ4v) is 2.34. The van der Waals surface area contributed by atoms with E-state index >= 15 is 0 Å². The van der Waals surface area contributed by atoms with Gasteiger partial charge in [0.25, 0.3) is 0 Å². The van der Waals surface area contributed by atoms with Crippen LogP contribution in [0.5, 0.6) is 0 Å². The van der Waals surface area contributed by atoms with Crippen LogP contribution in [0.1, 0.15) is 32.5 Å². The molecule has 1 N–H and O–H groups in total. The van der Waals surface area contributed by atoms with E-state index in [9.17, 15) is 0 Å². The lowest BCUT2D eigenvalue weighted by atomic mass is 10.1. The highest BCUT2D eigenvalue weighted by Crippen LogP contribution is 2.13. The summed E-state index contributed by atoms with van der Waals surface area (Å²) in [4.78, 5) is 0. The van der Waals surface area contributed by atoms with E-state index < -0.39 is 0 Å². The molecular weight excluding hydrogens is 232 g/mol. The molecule has 0 aliphatic rings. The Kier molecular flexibility index (Phi) is 6.58. The SMILES string of the molecule is Cc1nnc(SCCNCCCC(C)C)n1C. The Balaban J connectivity index is 2.03. The second-order valence-electron chi connectivity index (χ2n) is 4.72. The number of nitrogens with zero attached hydrogens (tertiary/aromatic N) is 3. The van der Waals surface area contributed by atoms with Crippen molar-refractivity contribution in [2.45, 2.75) is 38.8 Å². The van der Waals surface area contributed by atoms with Crippen molar-refractivity contribution < 1.29 is 0 Å². The molecule has 0 atom stereocenters. The first-order chi connectivity index (χ1) is 8.11. The maximum absolute atomic E-state index is 4.12. The maximum atomic E-state index is 4.12. The minimum Gasteiger partial charge on any atom is -0.316 e. The maximum Gasteiger partial charge on any atom is 0.190 e. The Hall–Kier alpha value is -0.550. The van der Waals surface area contributed by atoms with Crippen molar-refractivity contribution in [3.8, 4) is 0 Å². The standard InChI is InChI=1S/C12H24N4S/c1-10(2)6-5-7-13-8-9-17-12-15-14-11(3)16(12)4/h10,13H,5-9H2,1-4H3. The molecule has 98 valence electrons. The molecule has 0 aromatic carbocycles. The van der Waals surface area contributed by atoms with Gasteiger partial charge in [-0.05, 0) is 32.2 Å². The molecule has 0 radical (unpaired) electrons. The van der Waals surface area contributed by atoms with Crippen molar-refractivity contribution in [2.24, 2.45) is 13.0 Å². The monoisotopic (exact) mass is 256 g/mol. The number of hydrogen-bond donors (Lipinski definition) is 1. The smallest absolute Gasteiger partial charge is 0.190 e. The van der Waals surface area contributed by atoms with E-state index in [0.29, 0.717) is 0 Å². The highest BCUT2D eigenvalue weighted by atomic mass is 32.2. The third kappa shape index (κ3) is 5.55. The molecule has 1 heterocycles.